The number of carbonyl (C=O) groups excluding carboxylic acids is 3. The molecule has 0 bridgehead atoms. The summed E-state index contributed by atoms with van der Waals surface area (Å²) in [5.41, 5.74) is 0.678. The molecular weight excluding hydrogens is 272 g/mol. The van der Waals surface area contributed by atoms with Crippen molar-refractivity contribution in [1.29, 1.82) is 0 Å². The fourth-order valence-corrected chi connectivity index (χ4v) is 2.50. The van der Waals surface area contributed by atoms with Crippen molar-refractivity contribution >= 4 is 35.1 Å². The summed E-state index contributed by atoms with van der Waals surface area (Å²) in [6, 6.07) is 4.78. The number of nitrogens with zero attached hydrogens (tertiary/aromatic N) is 1. The highest BCUT2D eigenvalue weighted by Crippen LogP contribution is 2.35. The zero-order valence-corrected chi connectivity index (χ0v) is 10.4. The largest absolute Gasteiger partial charge is 0.442 e. The molecule has 0 spiro atoms. The van der Waals surface area contributed by atoms with Crippen LogP contribution in [0.5, 0.6) is 0 Å². The molecular formula is C12H9ClN2O4. The highest BCUT2D eigenvalue weighted by atomic mass is 35.5. The Kier molecular flexibility index (Phi) is 2.67. The van der Waals surface area contributed by atoms with E-state index in [4.69, 9.17) is 16.3 Å². The summed E-state index contributed by atoms with van der Waals surface area (Å²) < 4.78 is 4.96. The molecule has 2 aliphatic heterocycles. The number of Topliss-reactive ketones (excluding diaryl/α,β-unsaturated/α-hetero) is 1. The van der Waals surface area contributed by atoms with Gasteiger partial charge < -0.3 is 10.1 Å². The van der Waals surface area contributed by atoms with Gasteiger partial charge in [0.1, 0.15) is 6.10 Å². The molecule has 2 aliphatic rings. The zero-order chi connectivity index (χ0) is 13.6. The van der Waals surface area contributed by atoms with Crippen molar-refractivity contribution < 1.29 is 19.1 Å². The van der Waals surface area contributed by atoms with E-state index in [1.165, 1.54) is 4.90 Å². The quantitative estimate of drug-likeness (QED) is 0.819. The average Bonchev–Trinajstić information content (AvgIpc) is 2.89. The Bertz CT molecular complexity index is 601. The predicted molar refractivity (Wildman–Crippen MR) is 66.4 cm³/mol. The van der Waals surface area contributed by atoms with Crippen LogP contribution in [0.3, 0.4) is 0 Å². The van der Waals surface area contributed by atoms with Crippen LogP contribution >= 0.6 is 11.6 Å². The zero-order valence-electron chi connectivity index (χ0n) is 9.68. The third kappa shape index (κ3) is 1.84. The smallest absolute Gasteiger partial charge is 0.407 e. The second kappa shape index (κ2) is 4.24. The molecule has 1 aromatic carbocycles. The predicted octanol–water partition coefficient (Wildman–Crippen LogP) is 0.978. The van der Waals surface area contributed by atoms with Gasteiger partial charge in [-0.15, -0.1) is 0 Å². The summed E-state index contributed by atoms with van der Waals surface area (Å²) in [5, 5.41) is 2.82. The number of hydrogen-bond donors (Lipinski definition) is 1. The summed E-state index contributed by atoms with van der Waals surface area (Å²) >= 11 is 6.04. The lowest BCUT2D eigenvalue weighted by molar-refractivity contribution is -0.114. The average molecular weight is 281 g/mol. The number of para-hydroxylation sites is 1. The van der Waals surface area contributed by atoms with Gasteiger partial charge in [-0.1, -0.05) is 17.7 Å². The maximum atomic E-state index is 11.9. The van der Waals surface area contributed by atoms with Crippen molar-refractivity contribution in [2.75, 3.05) is 18.0 Å². The summed E-state index contributed by atoms with van der Waals surface area (Å²) in [7, 11) is 0. The van der Waals surface area contributed by atoms with E-state index >= 15 is 0 Å². The van der Waals surface area contributed by atoms with Gasteiger partial charge in [-0.3, -0.25) is 14.5 Å². The Hall–Kier alpha value is -2.08. The third-order valence-corrected chi connectivity index (χ3v) is 3.38. The van der Waals surface area contributed by atoms with Crippen LogP contribution in [0.25, 0.3) is 0 Å². The molecule has 0 radical (unpaired) electrons. The van der Waals surface area contributed by atoms with Crippen LogP contribution in [0.4, 0.5) is 10.5 Å². The van der Waals surface area contributed by atoms with Gasteiger partial charge in [0.25, 0.3) is 11.7 Å². The van der Waals surface area contributed by atoms with Crippen LogP contribution in [0.15, 0.2) is 18.2 Å². The van der Waals surface area contributed by atoms with E-state index in [1.54, 1.807) is 18.2 Å². The monoisotopic (exact) mass is 280 g/mol. The van der Waals surface area contributed by atoms with Gasteiger partial charge in [0.05, 0.1) is 29.4 Å². The van der Waals surface area contributed by atoms with Crippen LogP contribution in [-0.4, -0.2) is 37.0 Å². The van der Waals surface area contributed by atoms with Crippen LogP contribution < -0.4 is 10.2 Å². The molecule has 1 saturated heterocycles. The molecule has 0 aliphatic carbocycles. The first-order valence-corrected chi connectivity index (χ1v) is 6.05. The number of halogens is 1. The lowest BCUT2D eigenvalue weighted by atomic mass is 10.1. The minimum atomic E-state index is -0.647. The number of ether oxygens (including phenoxy) is 1. The van der Waals surface area contributed by atoms with Crippen molar-refractivity contribution in [1.82, 2.24) is 5.32 Å². The normalized spacial score (nSPS) is 21.4. The molecule has 1 N–H and O–H groups in total. The van der Waals surface area contributed by atoms with Crippen molar-refractivity contribution in [3.8, 4) is 0 Å². The van der Waals surface area contributed by atoms with Gasteiger partial charge in [0, 0.05) is 0 Å². The Labute approximate surface area is 113 Å². The lowest BCUT2D eigenvalue weighted by Gasteiger charge is -2.20. The maximum absolute atomic E-state index is 11.9. The summed E-state index contributed by atoms with van der Waals surface area (Å²) in [6.07, 6.45) is -1.01. The van der Waals surface area contributed by atoms with Gasteiger partial charge in [0.15, 0.2) is 0 Å². The lowest BCUT2D eigenvalue weighted by Crippen LogP contribution is -2.38. The molecule has 0 saturated carbocycles. The number of hydrogen-bond acceptors (Lipinski definition) is 4. The van der Waals surface area contributed by atoms with Crippen molar-refractivity contribution in [2.45, 2.75) is 6.10 Å². The highest BCUT2D eigenvalue weighted by Gasteiger charge is 2.39. The Balaban J connectivity index is 1.93. The van der Waals surface area contributed by atoms with Gasteiger partial charge in [-0.05, 0) is 12.1 Å². The molecule has 98 valence electrons. The van der Waals surface area contributed by atoms with E-state index < -0.39 is 23.9 Å². The highest BCUT2D eigenvalue weighted by molar-refractivity contribution is 6.54. The van der Waals surface area contributed by atoms with E-state index in [9.17, 15) is 14.4 Å². The first kappa shape index (κ1) is 12.0. The number of anilines is 1. The fourth-order valence-electron chi connectivity index (χ4n) is 2.22. The number of ketones is 1. The molecule has 1 atom stereocenters. The van der Waals surface area contributed by atoms with Gasteiger partial charge >= 0.3 is 6.09 Å². The molecule has 1 unspecified atom stereocenters. The number of cyclic esters (lactones) is 1. The van der Waals surface area contributed by atoms with E-state index in [0.717, 1.165) is 0 Å². The molecule has 2 amide bonds. The number of benzene rings is 1. The van der Waals surface area contributed by atoms with Crippen LogP contribution in [0.2, 0.25) is 5.02 Å². The fraction of sp³-hybridized carbons (Fsp3) is 0.250. The summed E-state index contributed by atoms with van der Waals surface area (Å²) in [5.74, 6) is -1.24. The number of alkyl carbamates (subject to hydrolysis) is 1. The second-order valence-electron chi connectivity index (χ2n) is 4.29. The SMILES string of the molecule is O=C1NCC(CN2C(=O)C(=O)c3cccc(Cl)c32)O1. The van der Waals surface area contributed by atoms with E-state index in [0.29, 0.717) is 17.3 Å². The molecule has 7 heteroatoms. The molecule has 2 heterocycles. The van der Waals surface area contributed by atoms with E-state index in [2.05, 4.69) is 5.32 Å². The number of nitrogens with one attached hydrogen (secondary N) is 1. The van der Waals surface area contributed by atoms with Crippen LogP contribution in [0.1, 0.15) is 10.4 Å². The van der Waals surface area contributed by atoms with Gasteiger partial charge in [0.2, 0.25) is 0 Å². The number of rotatable bonds is 2. The Morgan fingerprint density at radius 1 is 1.37 bits per heavy atom. The van der Waals surface area contributed by atoms with Crippen LogP contribution in [-0.2, 0) is 9.53 Å². The minimum Gasteiger partial charge on any atom is -0.442 e. The van der Waals surface area contributed by atoms with Crippen molar-refractivity contribution in [2.24, 2.45) is 0 Å². The summed E-state index contributed by atoms with van der Waals surface area (Å²) in [4.78, 5) is 36.0. The molecule has 3 rings (SSSR count). The van der Waals surface area contributed by atoms with Gasteiger partial charge in [-0.25, -0.2) is 4.79 Å². The Morgan fingerprint density at radius 2 is 2.16 bits per heavy atom. The molecule has 19 heavy (non-hydrogen) atoms. The maximum Gasteiger partial charge on any atom is 0.407 e. The van der Waals surface area contributed by atoms with Crippen LogP contribution in [0, 0.1) is 0 Å². The van der Waals surface area contributed by atoms with E-state index in [1.807, 2.05) is 0 Å². The molecule has 0 aromatic heterocycles. The third-order valence-electron chi connectivity index (χ3n) is 3.07. The standard InChI is InChI=1S/C12H9ClN2O4/c13-8-3-1-2-7-9(8)15(11(17)10(7)16)5-6-4-14-12(18)19-6/h1-3,6H,4-5H2,(H,14,18). The molecule has 1 fully saturated rings. The number of amides is 2. The molecule has 1 aromatic rings. The number of fused-ring (bicyclic) bond motifs is 1. The summed E-state index contributed by atoms with van der Waals surface area (Å²) in [6.45, 7) is 0.413. The van der Waals surface area contributed by atoms with Crippen molar-refractivity contribution in [3.05, 3.63) is 28.8 Å². The first-order valence-electron chi connectivity index (χ1n) is 5.67. The first-order chi connectivity index (χ1) is 9.08. The second-order valence-corrected chi connectivity index (χ2v) is 4.70. The molecule has 6 nitrogen and oxygen atoms in total. The van der Waals surface area contributed by atoms with Gasteiger partial charge in [-0.2, -0.15) is 0 Å². The number of carbonyl (C=O) groups is 3. The minimum absolute atomic E-state index is 0.111. The topological polar surface area (TPSA) is 75.7 Å². The Morgan fingerprint density at radius 3 is 2.84 bits per heavy atom. The van der Waals surface area contributed by atoms with Crippen molar-refractivity contribution in [3.63, 3.8) is 0 Å². The van der Waals surface area contributed by atoms with E-state index in [-0.39, 0.29) is 12.1 Å².